The van der Waals surface area contributed by atoms with Crippen LogP contribution in [0.5, 0.6) is 5.75 Å². The van der Waals surface area contributed by atoms with Crippen LogP contribution in [0.15, 0.2) is 48.5 Å². The van der Waals surface area contributed by atoms with Gasteiger partial charge in [0.05, 0.1) is 0 Å². The minimum absolute atomic E-state index is 0.0411. The van der Waals surface area contributed by atoms with E-state index in [0.717, 1.165) is 11.3 Å². The Morgan fingerprint density at radius 3 is 2.21 bits per heavy atom. The van der Waals surface area contributed by atoms with E-state index in [1.807, 2.05) is 18.2 Å². The summed E-state index contributed by atoms with van der Waals surface area (Å²) in [5.74, 6) is 0.665. The van der Waals surface area contributed by atoms with Crippen molar-refractivity contribution < 1.29 is 9.13 Å². The molecule has 19 heavy (non-hydrogen) atoms. The van der Waals surface area contributed by atoms with E-state index in [-0.39, 0.29) is 11.2 Å². The highest BCUT2D eigenvalue weighted by Crippen LogP contribution is 2.31. The van der Waals surface area contributed by atoms with Gasteiger partial charge in [0.1, 0.15) is 18.2 Å². The van der Waals surface area contributed by atoms with Crippen LogP contribution in [0.4, 0.5) is 4.39 Å². The van der Waals surface area contributed by atoms with E-state index in [1.165, 1.54) is 17.7 Å². The third-order valence-corrected chi connectivity index (χ3v) is 3.00. The second kappa shape index (κ2) is 5.43. The second-order valence-corrected chi connectivity index (χ2v) is 5.66. The zero-order valence-corrected chi connectivity index (χ0v) is 11.6. The molecular formula is C17H19FO. The highest BCUT2D eigenvalue weighted by Gasteiger charge is 2.18. The van der Waals surface area contributed by atoms with Crippen LogP contribution in [0, 0.1) is 5.82 Å². The highest BCUT2D eigenvalue weighted by molar-refractivity contribution is 5.38. The van der Waals surface area contributed by atoms with E-state index in [9.17, 15) is 4.39 Å². The van der Waals surface area contributed by atoms with E-state index in [1.54, 1.807) is 12.1 Å². The molecule has 0 unspecified atom stereocenters. The van der Waals surface area contributed by atoms with Crippen molar-refractivity contribution in [1.29, 1.82) is 0 Å². The molecule has 0 aliphatic carbocycles. The zero-order chi connectivity index (χ0) is 13.9. The van der Waals surface area contributed by atoms with Gasteiger partial charge in [-0.2, -0.15) is 0 Å². The minimum atomic E-state index is -0.223. The van der Waals surface area contributed by atoms with Crippen molar-refractivity contribution in [2.24, 2.45) is 0 Å². The average Bonchev–Trinajstić information content (AvgIpc) is 2.37. The number of halogens is 1. The first-order chi connectivity index (χ1) is 8.97. The predicted molar refractivity (Wildman–Crippen MR) is 75.9 cm³/mol. The molecular weight excluding hydrogens is 239 g/mol. The van der Waals surface area contributed by atoms with Crippen LogP contribution in [-0.2, 0) is 12.0 Å². The molecule has 0 saturated heterocycles. The van der Waals surface area contributed by atoms with Gasteiger partial charge < -0.3 is 4.74 Å². The van der Waals surface area contributed by atoms with Gasteiger partial charge in [-0.15, -0.1) is 0 Å². The maximum absolute atomic E-state index is 12.8. The van der Waals surface area contributed by atoms with E-state index >= 15 is 0 Å². The van der Waals surface area contributed by atoms with Crippen LogP contribution in [0.2, 0.25) is 0 Å². The van der Waals surface area contributed by atoms with E-state index in [0.29, 0.717) is 6.61 Å². The molecule has 0 bridgehead atoms. The van der Waals surface area contributed by atoms with Gasteiger partial charge in [0.15, 0.2) is 0 Å². The lowest BCUT2D eigenvalue weighted by Crippen LogP contribution is -2.13. The lowest BCUT2D eigenvalue weighted by molar-refractivity contribution is 0.297. The topological polar surface area (TPSA) is 9.23 Å². The summed E-state index contributed by atoms with van der Waals surface area (Å²) >= 11 is 0. The van der Waals surface area contributed by atoms with Crippen molar-refractivity contribution in [3.8, 4) is 5.75 Å². The summed E-state index contributed by atoms with van der Waals surface area (Å²) in [6.45, 7) is 6.93. The van der Waals surface area contributed by atoms with Gasteiger partial charge in [0.25, 0.3) is 0 Å². The first kappa shape index (κ1) is 13.6. The molecule has 2 aromatic rings. The molecule has 0 aliphatic heterocycles. The molecule has 0 spiro atoms. The van der Waals surface area contributed by atoms with Gasteiger partial charge in [0, 0.05) is 0 Å². The molecule has 0 aliphatic rings. The van der Waals surface area contributed by atoms with E-state index < -0.39 is 0 Å². The minimum Gasteiger partial charge on any atom is -0.489 e. The number of hydrogen-bond donors (Lipinski definition) is 0. The third-order valence-electron chi connectivity index (χ3n) is 3.00. The van der Waals surface area contributed by atoms with Crippen LogP contribution < -0.4 is 4.74 Å². The molecule has 1 nitrogen and oxygen atoms in total. The Bertz CT molecular complexity index is 538. The molecule has 0 heterocycles. The number of ether oxygens (including phenoxy) is 1. The maximum Gasteiger partial charge on any atom is 0.123 e. The van der Waals surface area contributed by atoms with Gasteiger partial charge in [-0.3, -0.25) is 0 Å². The number of rotatable bonds is 3. The van der Waals surface area contributed by atoms with Crippen molar-refractivity contribution >= 4 is 0 Å². The Labute approximate surface area is 114 Å². The molecule has 2 rings (SSSR count). The van der Waals surface area contributed by atoms with Crippen LogP contribution in [0.25, 0.3) is 0 Å². The van der Waals surface area contributed by atoms with Crippen LogP contribution in [-0.4, -0.2) is 0 Å². The smallest absolute Gasteiger partial charge is 0.123 e. The Morgan fingerprint density at radius 1 is 0.947 bits per heavy atom. The average molecular weight is 258 g/mol. The van der Waals surface area contributed by atoms with Crippen molar-refractivity contribution in [3.05, 3.63) is 65.5 Å². The lowest BCUT2D eigenvalue weighted by atomic mass is 9.86. The summed E-state index contributed by atoms with van der Waals surface area (Å²) in [4.78, 5) is 0. The fraction of sp³-hybridized carbons (Fsp3) is 0.294. The standard InChI is InChI=1S/C17H19FO/c1-17(2,3)15-6-4-5-7-16(15)19-12-13-8-10-14(18)11-9-13/h4-11H,12H2,1-3H3. The van der Waals surface area contributed by atoms with Gasteiger partial charge in [-0.1, -0.05) is 51.1 Å². The molecule has 2 heteroatoms. The maximum atomic E-state index is 12.8. The molecule has 0 amide bonds. The fourth-order valence-electron chi connectivity index (χ4n) is 1.95. The van der Waals surface area contributed by atoms with Crippen LogP contribution >= 0.6 is 0 Å². The third kappa shape index (κ3) is 3.57. The summed E-state index contributed by atoms with van der Waals surface area (Å²) in [7, 11) is 0. The molecule has 0 atom stereocenters. The van der Waals surface area contributed by atoms with Crippen LogP contribution in [0.1, 0.15) is 31.9 Å². The molecule has 0 saturated carbocycles. The summed E-state index contributed by atoms with van der Waals surface area (Å²) in [6.07, 6.45) is 0. The Morgan fingerprint density at radius 2 is 1.58 bits per heavy atom. The van der Waals surface area contributed by atoms with Gasteiger partial charge >= 0.3 is 0 Å². The normalized spacial score (nSPS) is 11.4. The number of para-hydroxylation sites is 1. The Balaban J connectivity index is 2.14. The first-order valence-corrected chi connectivity index (χ1v) is 6.43. The predicted octanol–water partition coefficient (Wildman–Crippen LogP) is 4.70. The lowest BCUT2D eigenvalue weighted by Gasteiger charge is -2.22. The Kier molecular flexibility index (Phi) is 3.89. The molecule has 100 valence electrons. The molecule has 0 fully saturated rings. The van der Waals surface area contributed by atoms with E-state index in [2.05, 4.69) is 26.8 Å². The van der Waals surface area contributed by atoms with Crippen molar-refractivity contribution in [3.63, 3.8) is 0 Å². The van der Waals surface area contributed by atoms with Gasteiger partial charge in [-0.25, -0.2) is 4.39 Å². The van der Waals surface area contributed by atoms with Gasteiger partial charge in [-0.05, 0) is 34.7 Å². The number of benzene rings is 2. The highest BCUT2D eigenvalue weighted by atomic mass is 19.1. The zero-order valence-electron chi connectivity index (χ0n) is 11.6. The SMILES string of the molecule is CC(C)(C)c1ccccc1OCc1ccc(F)cc1. The second-order valence-electron chi connectivity index (χ2n) is 5.66. The molecule has 0 N–H and O–H groups in total. The fourth-order valence-corrected chi connectivity index (χ4v) is 1.95. The molecule has 2 aromatic carbocycles. The summed E-state index contributed by atoms with van der Waals surface area (Å²) in [5, 5.41) is 0. The molecule has 0 radical (unpaired) electrons. The Hall–Kier alpha value is -1.83. The van der Waals surface area contributed by atoms with Crippen LogP contribution in [0.3, 0.4) is 0 Å². The largest absolute Gasteiger partial charge is 0.489 e. The molecule has 0 aromatic heterocycles. The van der Waals surface area contributed by atoms with Gasteiger partial charge in [0.2, 0.25) is 0 Å². The monoisotopic (exact) mass is 258 g/mol. The summed E-state index contributed by atoms with van der Waals surface area (Å²) in [6, 6.07) is 14.4. The number of hydrogen-bond acceptors (Lipinski definition) is 1. The van der Waals surface area contributed by atoms with Crippen molar-refractivity contribution in [2.45, 2.75) is 32.8 Å². The van der Waals surface area contributed by atoms with E-state index in [4.69, 9.17) is 4.74 Å². The summed E-state index contributed by atoms with van der Waals surface area (Å²) in [5.41, 5.74) is 2.18. The quantitative estimate of drug-likeness (QED) is 0.775. The first-order valence-electron chi connectivity index (χ1n) is 6.43. The van der Waals surface area contributed by atoms with Crippen molar-refractivity contribution in [1.82, 2.24) is 0 Å². The van der Waals surface area contributed by atoms with Crippen molar-refractivity contribution in [2.75, 3.05) is 0 Å². The summed E-state index contributed by atoms with van der Waals surface area (Å²) < 4.78 is 18.7.